The fourth-order valence-corrected chi connectivity index (χ4v) is 4.76. The summed E-state index contributed by atoms with van der Waals surface area (Å²) in [6.07, 6.45) is 0.826. The van der Waals surface area contributed by atoms with Gasteiger partial charge in [0.25, 0.3) is 0 Å². The van der Waals surface area contributed by atoms with Gasteiger partial charge in [0.2, 0.25) is 0 Å². The molecule has 0 radical (unpaired) electrons. The predicted octanol–water partition coefficient (Wildman–Crippen LogP) is 5.41. The van der Waals surface area contributed by atoms with Crippen molar-refractivity contribution >= 4 is 55.2 Å². The molecule has 0 unspecified atom stereocenters. The van der Waals surface area contributed by atoms with E-state index in [2.05, 4.69) is 50.0 Å². The van der Waals surface area contributed by atoms with E-state index in [0.717, 1.165) is 16.1 Å². The Kier molecular flexibility index (Phi) is 7.25. The summed E-state index contributed by atoms with van der Waals surface area (Å²) in [7, 11) is 0. The largest absolute Gasteiger partial charge is 0.394 e. The van der Waals surface area contributed by atoms with Gasteiger partial charge >= 0.3 is 0 Å². The number of rotatable bonds is 8. The summed E-state index contributed by atoms with van der Waals surface area (Å²) >= 11 is 6.16. The van der Waals surface area contributed by atoms with Gasteiger partial charge in [-0.3, -0.25) is 0 Å². The average molecular weight is 485 g/mol. The van der Waals surface area contributed by atoms with Crippen LogP contribution in [0.1, 0.15) is 30.8 Å². The van der Waals surface area contributed by atoms with Gasteiger partial charge in [0.05, 0.1) is 17.7 Å². The molecule has 28 heavy (non-hydrogen) atoms. The molecule has 150 valence electrons. The van der Waals surface area contributed by atoms with Crippen molar-refractivity contribution in [3.8, 4) is 0 Å². The van der Waals surface area contributed by atoms with E-state index < -0.39 is 0 Å². The van der Waals surface area contributed by atoms with Crippen molar-refractivity contribution in [2.45, 2.75) is 44.1 Å². The van der Waals surface area contributed by atoms with Crippen LogP contribution in [-0.4, -0.2) is 32.7 Å². The van der Waals surface area contributed by atoms with E-state index in [1.165, 1.54) is 29.2 Å². The highest BCUT2D eigenvalue weighted by Crippen LogP contribution is 2.31. The summed E-state index contributed by atoms with van der Waals surface area (Å²) in [6, 6.07) is 4.93. The van der Waals surface area contributed by atoms with Gasteiger partial charge in [-0.05, 0) is 37.0 Å². The molecule has 5 nitrogen and oxygen atoms in total. The standard InChI is InChI=1S/C19H22BrFN4OS2/c1-10(2)6-14(8-26)23-18-16-17(22-11(3)28-16)24-19(25-18)27-9-12-4-5-13(20)7-15(12)21/h4-5,7,10,14,26H,6,8-9H2,1-3H3,(H,23,24,25)/t14-/m1/s1. The van der Waals surface area contributed by atoms with Crippen LogP contribution in [0.5, 0.6) is 0 Å². The molecule has 3 rings (SSSR count). The Morgan fingerprint density at radius 2 is 2.07 bits per heavy atom. The van der Waals surface area contributed by atoms with Crippen molar-refractivity contribution in [1.82, 2.24) is 15.0 Å². The maximum atomic E-state index is 14.1. The predicted molar refractivity (Wildman–Crippen MR) is 118 cm³/mol. The lowest BCUT2D eigenvalue weighted by molar-refractivity contribution is 0.259. The molecule has 1 atom stereocenters. The summed E-state index contributed by atoms with van der Waals surface area (Å²) < 4.78 is 15.7. The molecular weight excluding hydrogens is 463 g/mol. The molecule has 0 bridgehead atoms. The Balaban J connectivity index is 1.86. The third kappa shape index (κ3) is 5.40. The van der Waals surface area contributed by atoms with Gasteiger partial charge < -0.3 is 10.4 Å². The lowest BCUT2D eigenvalue weighted by atomic mass is 10.0. The average Bonchev–Trinajstić information content (AvgIpc) is 3.00. The Morgan fingerprint density at radius 3 is 2.75 bits per heavy atom. The lowest BCUT2D eigenvalue weighted by Crippen LogP contribution is -2.26. The summed E-state index contributed by atoms with van der Waals surface area (Å²) in [5.41, 5.74) is 1.22. The minimum absolute atomic E-state index is 0.0219. The van der Waals surface area contributed by atoms with Gasteiger partial charge in [0.15, 0.2) is 16.6 Å². The van der Waals surface area contributed by atoms with Gasteiger partial charge in [-0.15, -0.1) is 11.3 Å². The van der Waals surface area contributed by atoms with Crippen LogP contribution < -0.4 is 5.32 Å². The summed E-state index contributed by atoms with van der Waals surface area (Å²) in [6.45, 7) is 6.18. The molecule has 0 fully saturated rings. The number of anilines is 1. The highest BCUT2D eigenvalue weighted by Gasteiger charge is 2.17. The Morgan fingerprint density at radius 1 is 1.29 bits per heavy atom. The van der Waals surface area contributed by atoms with Crippen LogP contribution in [-0.2, 0) is 5.75 Å². The third-order valence-electron chi connectivity index (χ3n) is 4.03. The number of thiazole rings is 1. The van der Waals surface area contributed by atoms with Crippen LogP contribution in [0.25, 0.3) is 10.3 Å². The number of hydrogen-bond donors (Lipinski definition) is 2. The van der Waals surface area contributed by atoms with Gasteiger partial charge in [0, 0.05) is 10.2 Å². The topological polar surface area (TPSA) is 70.9 Å². The molecule has 0 amide bonds. The summed E-state index contributed by atoms with van der Waals surface area (Å²) in [4.78, 5) is 13.7. The number of aliphatic hydroxyl groups excluding tert-OH is 1. The number of nitrogens with one attached hydrogen (secondary N) is 1. The Labute approximate surface area is 180 Å². The zero-order chi connectivity index (χ0) is 20.3. The molecule has 0 aliphatic carbocycles. The highest BCUT2D eigenvalue weighted by molar-refractivity contribution is 9.10. The minimum atomic E-state index is -0.261. The van der Waals surface area contributed by atoms with Crippen molar-refractivity contribution in [2.75, 3.05) is 11.9 Å². The summed E-state index contributed by atoms with van der Waals surface area (Å²) in [5, 5.41) is 14.5. The first-order valence-electron chi connectivity index (χ1n) is 8.95. The number of aryl methyl sites for hydroxylation is 1. The number of hydrogen-bond acceptors (Lipinski definition) is 7. The van der Waals surface area contributed by atoms with E-state index in [0.29, 0.717) is 38.3 Å². The highest BCUT2D eigenvalue weighted by atomic mass is 79.9. The van der Waals surface area contributed by atoms with Crippen LogP contribution >= 0.6 is 39.0 Å². The van der Waals surface area contributed by atoms with E-state index in [1.54, 1.807) is 6.07 Å². The molecular formula is C19H22BrFN4OS2. The van der Waals surface area contributed by atoms with E-state index in [-0.39, 0.29) is 18.5 Å². The molecule has 2 aromatic heterocycles. The second-order valence-corrected chi connectivity index (χ2v) is 9.98. The van der Waals surface area contributed by atoms with E-state index in [4.69, 9.17) is 0 Å². The van der Waals surface area contributed by atoms with Crippen LogP contribution in [0.3, 0.4) is 0 Å². The van der Waals surface area contributed by atoms with E-state index in [1.807, 2.05) is 13.0 Å². The SMILES string of the molecule is Cc1nc2nc(SCc3ccc(Br)cc3F)nc(N[C@@H](CO)CC(C)C)c2s1. The Hall–Kier alpha value is -1.29. The quantitative estimate of drug-likeness (QED) is 0.329. The number of fused-ring (bicyclic) bond motifs is 1. The summed E-state index contributed by atoms with van der Waals surface area (Å²) in [5.74, 6) is 1.28. The zero-order valence-electron chi connectivity index (χ0n) is 15.9. The fraction of sp³-hybridized carbons (Fsp3) is 0.421. The second kappa shape index (κ2) is 9.47. The van der Waals surface area contributed by atoms with Crippen molar-refractivity contribution in [3.05, 3.63) is 39.1 Å². The van der Waals surface area contributed by atoms with Crippen LogP contribution in [0.2, 0.25) is 0 Å². The fourth-order valence-electron chi connectivity index (χ4n) is 2.79. The van der Waals surface area contributed by atoms with Gasteiger partial charge in [-0.25, -0.2) is 19.3 Å². The van der Waals surface area contributed by atoms with E-state index >= 15 is 0 Å². The van der Waals surface area contributed by atoms with Crippen molar-refractivity contribution in [1.29, 1.82) is 0 Å². The number of aromatic nitrogens is 3. The molecule has 9 heteroatoms. The molecule has 0 saturated carbocycles. The number of nitrogens with zero attached hydrogens (tertiary/aromatic N) is 3. The molecule has 0 spiro atoms. The first-order valence-corrected chi connectivity index (χ1v) is 11.5. The van der Waals surface area contributed by atoms with Crippen LogP contribution in [0.4, 0.5) is 10.2 Å². The molecule has 0 saturated heterocycles. The van der Waals surface area contributed by atoms with E-state index in [9.17, 15) is 9.50 Å². The number of aliphatic hydroxyl groups is 1. The zero-order valence-corrected chi connectivity index (χ0v) is 19.1. The number of benzene rings is 1. The van der Waals surface area contributed by atoms with Crippen molar-refractivity contribution in [2.24, 2.45) is 5.92 Å². The maximum Gasteiger partial charge on any atom is 0.191 e. The molecule has 3 aromatic rings. The van der Waals surface area contributed by atoms with Crippen LogP contribution in [0.15, 0.2) is 27.8 Å². The second-order valence-electron chi connectivity index (χ2n) is 6.92. The molecule has 2 heterocycles. The molecule has 1 aromatic carbocycles. The molecule has 0 aliphatic rings. The number of halogens is 2. The normalized spacial score (nSPS) is 12.7. The minimum Gasteiger partial charge on any atom is -0.394 e. The van der Waals surface area contributed by atoms with Gasteiger partial charge in [-0.2, -0.15) is 0 Å². The van der Waals surface area contributed by atoms with Crippen molar-refractivity contribution < 1.29 is 9.50 Å². The maximum absolute atomic E-state index is 14.1. The number of thioether (sulfide) groups is 1. The first-order chi connectivity index (χ1) is 13.4. The smallest absolute Gasteiger partial charge is 0.191 e. The lowest BCUT2D eigenvalue weighted by Gasteiger charge is -2.19. The monoisotopic (exact) mass is 484 g/mol. The van der Waals surface area contributed by atoms with Gasteiger partial charge in [-0.1, -0.05) is 47.6 Å². The van der Waals surface area contributed by atoms with Crippen molar-refractivity contribution in [3.63, 3.8) is 0 Å². The van der Waals surface area contributed by atoms with Gasteiger partial charge in [0.1, 0.15) is 10.5 Å². The van der Waals surface area contributed by atoms with Crippen LogP contribution in [0, 0.1) is 18.7 Å². The third-order valence-corrected chi connectivity index (χ3v) is 6.39. The Bertz CT molecular complexity index is 967. The molecule has 0 aliphatic heterocycles. The molecule has 2 N–H and O–H groups in total. The first kappa shape index (κ1) is 21.4.